The number of carbonyl (C=O) groups excluding carboxylic acids is 1. The quantitative estimate of drug-likeness (QED) is 0.733. The number of para-hydroxylation sites is 2. The molecule has 2 saturated heterocycles. The Hall–Kier alpha value is -2.06. The number of hydrogen-bond donors (Lipinski definition) is 1. The van der Waals surface area contributed by atoms with E-state index in [0.29, 0.717) is 39.5 Å². The van der Waals surface area contributed by atoms with Gasteiger partial charge in [-0.05, 0) is 18.2 Å². The molecule has 1 N–H and O–H groups in total. The molecule has 0 aliphatic carbocycles. The average molecular weight is 384 g/mol. The summed E-state index contributed by atoms with van der Waals surface area (Å²) in [5.74, 6) is -1.55. The zero-order valence-corrected chi connectivity index (χ0v) is 15.6. The maximum absolute atomic E-state index is 13.4. The predicted molar refractivity (Wildman–Crippen MR) is 101 cm³/mol. The van der Waals surface area contributed by atoms with Crippen molar-refractivity contribution >= 4 is 29.0 Å². The molecular weight excluding hydrogens is 364 g/mol. The Balaban J connectivity index is 1.57. The highest BCUT2D eigenvalue weighted by molar-refractivity contribution is 7.99. The first kappa shape index (κ1) is 17.1. The van der Waals surface area contributed by atoms with Crippen LogP contribution in [-0.4, -0.2) is 50.3 Å². The molecule has 140 valence electrons. The minimum Gasteiger partial charge on any atom is -0.378 e. The van der Waals surface area contributed by atoms with Gasteiger partial charge in [-0.2, -0.15) is 0 Å². The first-order chi connectivity index (χ1) is 13.3. The van der Waals surface area contributed by atoms with E-state index in [1.165, 1.54) is 0 Å². The second kappa shape index (κ2) is 6.83. The van der Waals surface area contributed by atoms with Crippen LogP contribution in [0.25, 0.3) is 0 Å². The van der Waals surface area contributed by atoms with Crippen LogP contribution < -0.4 is 5.32 Å². The number of nitrogens with zero attached hydrogens (tertiary/aromatic N) is 1. The molecule has 2 aromatic carbocycles. The van der Waals surface area contributed by atoms with Crippen LogP contribution in [0.4, 0.5) is 11.4 Å². The van der Waals surface area contributed by atoms with E-state index in [9.17, 15) is 4.79 Å². The van der Waals surface area contributed by atoms with Gasteiger partial charge < -0.3 is 24.4 Å². The fourth-order valence-electron chi connectivity index (χ4n) is 3.71. The Kier molecular flexibility index (Phi) is 4.32. The van der Waals surface area contributed by atoms with Crippen LogP contribution in [0.5, 0.6) is 0 Å². The van der Waals surface area contributed by atoms with Crippen LogP contribution in [-0.2, 0) is 24.8 Å². The third kappa shape index (κ3) is 2.82. The van der Waals surface area contributed by atoms with Gasteiger partial charge in [0, 0.05) is 28.4 Å². The Morgan fingerprint density at radius 2 is 1.70 bits per heavy atom. The number of nitrogens with one attached hydrogen (secondary N) is 1. The normalized spacial score (nSPS) is 20.5. The minimum absolute atomic E-state index is 0.151. The van der Waals surface area contributed by atoms with Gasteiger partial charge in [0.25, 0.3) is 11.7 Å². The van der Waals surface area contributed by atoms with E-state index in [4.69, 9.17) is 14.2 Å². The topological polar surface area (TPSA) is 60.0 Å². The number of amides is 1. The average Bonchev–Trinajstić information content (AvgIpc) is 3.23. The summed E-state index contributed by atoms with van der Waals surface area (Å²) in [5, 5.41) is 3.49. The SMILES string of the molecule is O=C(N1CCOCC1)C1(c2cccc3c2Nc2ccccc2S3)OCCO1. The molecule has 2 fully saturated rings. The van der Waals surface area contributed by atoms with E-state index < -0.39 is 5.79 Å². The number of rotatable bonds is 2. The van der Waals surface area contributed by atoms with E-state index in [2.05, 4.69) is 11.4 Å². The third-order valence-electron chi connectivity index (χ3n) is 5.02. The maximum Gasteiger partial charge on any atom is 0.288 e. The summed E-state index contributed by atoms with van der Waals surface area (Å²) in [6.45, 7) is 2.96. The molecule has 6 nitrogen and oxygen atoms in total. The van der Waals surface area contributed by atoms with Crippen molar-refractivity contribution in [1.29, 1.82) is 0 Å². The van der Waals surface area contributed by atoms with Crippen molar-refractivity contribution in [1.82, 2.24) is 4.90 Å². The Bertz CT molecular complexity index is 876. The maximum atomic E-state index is 13.4. The van der Waals surface area contributed by atoms with Crippen LogP contribution in [0.1, 0.15) is 5.56 Å². The van der Waals surface area contributed by atoms with E-state index >= 15 is 0 Å². The van der Waals surface area contributed by atoms with Crippen molar-refractivity contribution in [3.8, 4) is 0 Å². The Labute approximate surface area is 161 Å². The van der Waals surface area contributed by atoms with Gasteiger partial charge in [0.05, 0.1) is 37.8 Å². The van der Waals surface area contributed by atoms with Crippen molar-refractivity contribution in [2.24, 2.45) is 0 Å². The largest absolute Gasteiger partial charge is 0.378 e. The monoisotopic (exact) mass is 384 g/mol. The summed E-state index contributed by atoms with van der Waals surface area (Å²) in [4.78, 5) is 17.4. The third-order valence-corrected chi connectivity index (χ3v) is 6.16. The Morgan fingerprint density at radius 3 is 2.52 bits per heavy atom. The smallest absolute Gasteiger partial charge is 0.288 e. The molecule has 0 aromatic heterocycles. The van der Waals surface area contributed by atoms with Gasteiger partial charge in [-0.25, -0.2) is 0 Å². The number of anilines is 2. The number of morpholine rings is 1. The van der Waals surface area contributed by atoms with Crippen molar-refractivity contribution in [3.05, 3.63) is 48.0 Å². The lowest BCUT2D eigenvalue weighted by molar-refractivity contribution is -0.201. The molecule has 0 unspecified atom stereocenters. The molecule has 0 atom stereocenters. The molecule has 5 rings (SSSR count). The van der Waals surface area contributed by atoms with E-state index in [0.717, 1.165) is 26.7 Å². The number of hydrogen-bond acceptors (Lipinski definition) is 6. The lowest BCUT2D eigenvalue weighted by Crippen LogP contribution is -2.51. The summed E-state index contributed by atoms with van der Waals surface area (Å²) in [6.07, 6.45) is 0. The summed E-state index contributed by atoms with van der Waals surface area (Å²) >= 11 is 1.68. The zero-order valence-electron chi connectivity index (χ0n) is 14.8. The van der Waals surface area contributed by atoms with Gasteiger partial charge in [0.15, 0.2) is 0 Å². The summed E-state index contributed by atoms with van der Waals surface area (Å²) in [7, 11) is 0. The van der Waals surface area contributed by atoms with Crippen LogP contribution in [0.2, 0.25) is 0 Å². The molecule has 0 radical (unpaired) electrons. The predicted octanol–water partition coefficient (Wildman–Crippen LogP) is 2.95. The highest BCUT2D eigenvalue weighted by Gasteiger charge is 2.51. The van der Waals surface area contributed by atoms with E-state index in [1.807, 2.05) is 36.4 Å². The van der Waals surface area contributed by atoms with Crippen molar-refractivity contribution in [2.75, 3.05) is 44.8 Å². The second-order valence-corrected chi connectivity index (χ2v) is 7.70. The highest BCUT2D eigenvalue weighted by atomic mass is 32.2. The van der Waals surface area contributed by atoms with Gasteiger partial charge in [-0.15, -0.1) is 0 Å². The van der Waals surface area contributed by atoms with Gasteiger partial charge >= 0.3 is 0 Å². The Morgan fingerprint density at radius 1 is 0.963 bits per heavy atom. The van der Waals surface area contributed by atoms with Gasteiger partial charge in [0.1, 0.15) is 0 Å². The molecule has 3 aliphatic rings. The number of ether oxygens (including phenoxy) is 3. The number of fused-ring (bicyclic) bond motifs is 2. The molecule has 0 bridgehead atoms. The fraction of sp³-hybridized carbons (Fsp3) is 0.350. The van der Waals surface area contributed by atoms with Gasteiger partial charge in [-0.1, -0.05) is 36.0 Å². The first-order valence-electron chi connectivity index (χ1n) is 9.10. The molecular formula is C20H20N2O4S. The summed E-state index contributed by atoms with van der Waals surface area (Å²) < 4.78 is 17.4. The molecule has 1 amide bonds. The van der Waals surface area contributed by atoms with Crippen molar-refractivity contribution < 1.29 is 19.0 Å². The standard InChI is InChI=1S/C20H20N2O4S/c23-19(22-8-10-24-11-9-22)20(25-12-13-26-20)14-4-3-7-17-18(14)21-15-5-1-2-6-16(15)27-17/h1-7,21H,8-13H2. The van der Waals surface area contributed by atoms with Crippen LogP contribution >= 0.6 is 11.8 Å². The highest BCUT2D eigenvalue weighted by Crippen LogP contribution is 2.49. The molecule has 7 heteroatoms. The van der Waals surface area contributed by atoms with Gasteiger partial charge in [-0.3, -0.25) is 4.79 Å². The fourth-order valence-corrected chi connectivity index (χ4v) is 4.73. The minimum atomic E-state index is -1.40. The van der Waals surface area contributed by atoms with E-state index in [-0.39, 0.29) is 5.91 Å². The lowest BCUT2D eigenvalue weighted by Gasteiger charge is -2.36. The van der Waals surface area contributed by atoms with E-state index in [1.54, 1.807) is 16.7 Å². The summed E-state index contributed by atoms with van der Waals surface area (Å²) in [6, 6.07) is 14.1. The number of carbonyl (C=O) groups is 1. The molecule has 3 aliphatic heterocycles. The zero-order chi connectivity index (χ0) is 18.3. The molecule has 0 saturated carbocycles. The van der Waals surface area contributed by atoms with Crippen LogP contribution in [0, 0.1) is 0 Å². The molecule has 3 heterocycles. The lowest BCUT2D eigenvalue weighted by atomic mass is 10.0. The van der Waals surface area contributed by atoms with Crippen LogP contribution in [0.3, 0.4) is 0 Å². The first-order valence-corrected chi connectivity index (χ1v) is 9.92. The van der Waals surface area contributed by atoms with Gasteiger partial charge in [0.2, 0.25) is 0 Å². The molecule has 27 heavy (non-hydrogen) atoms. The second-order valence-electron chi connectivity index (χ2n) is 6.62. The molecule has 2 aromatic rings. The number of benzene rings is 2. The molecule has 0 spiro atoms. The van der Waals surface area contributed by atoms with Crippen molar-refractivity contribution in [3.63, 3.8) is 0 Å². The van der Waals surface area contributed by atoms with Crippen molar-refractivity contribution in [2.45, 2.75) is 15.6 Å². The van der Waals surface area contributed by atoms with Crippen LogP contribution in [0.15, 0.2) is 52.3 Å². The summed E-state index contributed by atoms with van der Waals surface area (Å²) in [5.41, 5.74) is 2.63.